The molecule has 3 aromatic carbocycles. The van der Waals surface area contributed by atoms with Gasteiger partial charge in [-0.2, -0.15) is 0 Å². The van der Waals surface area contributed by atoms with Gasteiger partial charge in [-0.3, -0.25) is 4.79 Å². The Bertz CT molecular complexity index is 1260. The Morgan fingerprint density at radius 2 is 1.57 bits per heavy atom. The lowest BCUT2D eigenvalue weighted by Crippen LogP contribution is -2.33. The number of hydrogen-bond acceptors (Lipinski definition) is 6. The van der Waals surface area contributed by atoms with E-state index < -0.39 is 0 Å². The molecule has 2 heterocycles. The van der Waals surface area contributed by atoms with Gasteiger partial charge in [0.2, 0.25) is 5.91 Å². The van der Waals surface area contributed by atoms with Crippen LogP contribution >= 0.6 is 11.8 Å². The second-order valence-corrected chi connectivity index (χ2v) is 9.22. The van der Waals surface area contributed by atoms with Gasteiger partial charge in [0.25, 0.3) is 0 Å². The van der Waals surface area contributed by atoms with Crippen molar-refractivity contribution < 1.29 is 14.3 Å². The Morgan fingerprint density at radius 3 is 2.23 bits per heavy atom. The lowest BCUT2D eigenvalue weighted by molar-refractivity contribution is -0.128. The molecule has 0 aliphatic carbocycles. The van der Waals surface area contributed by atoms with Crippen molar-refractivity contribution in [2.24, 2.45) is 7.05 Å². The minimum Gasteiger partial charge on any atom is -0.485 e. The largest absolute Gasteiger partial charge is 0.485 e. The van der Waals surface area contributed by atoms with Crippen molar-refractivity contribution in [3.8, 4) is 11.5 Å². The van der Waals surface area contributed by atoms with Crippen molar-refractivity contribution in [1.29, 1.82) is 0 Å². The molecule has 0 spiro atoms. The van der Waals surface area contributed by atoms with Crippen molar-refractivity contribution >= 4 is 17.7 Å². The highest BCUT2D eigenvalue weighted by Gasteiger charge is 2.28. The van der Waals surface area contributed by atoms with E-state index in [1.54, 1.807) is 4.90 Å². The summed E-state index contributed by atoms with van der Waals surface area (Å²) in [7, 11) is 3.73. The van der Waals surface area contributed by atoms with Crippen LogP contribution < -0.4 is 9.47 Å². The van der Waals surface area contributed by atoms with Gasteiger partial charge < -0.3 is 18.9 Å². The molecule has 0 saturated carbocycles. The maximum atomic E-state index is 13.3. The molecule has 1 atom stereocenters. The number of amides is 1. The maximum absolute atomic E-state index is 13.3. The summed E-state index contributed by atoms with van der Waals surface area (Å²) in [6.07, 6.45) is -0.365. The fourth-order valence-corrected chi connectivity index (χ4v) is 5.00. The third-order valence-electron chi connectivity index (χ3n) is 6.00. The van der Waals surface area contributed by atoms with Gasteiger partial charge in [-0.1, -0.05) is 84.6 Å². The number of nitrogens with zero attached hydrogens (tertiary/aromatic N) is 4. The summed E-state index contributed by atoms with van der Waals surface area (Å²) in [4.78, 5) is 15.1. The Kier molecular flexibility index (Phi) is 6.72. The molecule has 8 heteroatoms. The van der Waals surface area contributed by atoms with Crippen molar-refractivity contribution in [3.63, 3.8) is 0 Å². The zero-order chi connectivity index (χ0) is 24.2. The number of benzene rings is 3. The summed E-state index contributed by atoms with van der Waals surface area (Å²) in [6, 6.07) is 27.5. The predicted octanol–water partition coefficient (Wildman–Crippen LogP) is 4.67. The van der Waals surface area contributed by atoms with Crippen LogP contribution in [0.2, 0.25) is 0 Å². The molecule has 0 N–H and O–H groups in total. The highest BCUT2D eigenvalue weighted by Crippen LogP contribution is 2.36. The van der Waals surface area contributed by atoms with Crippen LogP contribution in [-0.2, 0) is 11.8 Å². The molecule has 7 nitrogen and oxygen atoms in total. The van der Waals surface area contributed by atoms with Crippen molar-refractivity contribution in [2.45, 2.75) is 17.3 Å². The Labute approximate surface area is 208 Å². The number of thioether (sulfide) groups is 1. The summed E-state index contributed by atoms with van der Waals surface area (Å²) in [5, 5.41) is 9.29. The topological polar surface area (TPSA) is 69.5 Å². The van der Waals surface area contributed by atoms with Gasteiger partial charge in [-0.15, -0.1) is 10.2 Å². The molecule has 1 aromatic heterocycles. The number of aromatic nitrogens is 3. The van der Waals surface area contributed by atoms with Gasteiger partial charge in [0, 0.05) is 14.1 Å². The molecule has 178 valence electrons. The van der Waals surface area contributed by atoms with Crippen LogP contribution in [0.3, 0.4) is 0 Å². The third-order valence-corrected chi connectivity index (χ3v) is 7.01. The first kappa shape index (κ1) is 23.0. The zero-order valence-electron chi connectivity index (χ0n) is 19.6. The quantitative estimate of drug-likeness (QED) is 0.354. The number of fused-ring (bicyclic) bond motifs is 1. The van der Waals surface area contributed by atoms with E-state index in [0.717, 1.165) is 16.9 Å². The van der Waals surface area contributed by atoms with Crippen LogP contribution in [0.4, 0.5) is 0 Å². The first-order valence-corrected chi connectivity index (χ1v) is 12.4. The Morgan fingerprint density at radius 1 is 0.971 bits per heavy atom. The molecule has 0 bridgehead atoms. The van der Waals surface area contributed by atoms with E-state index in [2.05, 4.69) is 10.2 Å². The molecule has 1 aliphatic rings. The molecule has 0 radical (unpaired) electrons. The lowest BCUT2D eigenvalue weighted by Gasteiger charge is -2.29. The van der Waals surface area contributed by atoms with E-state index in [0.29, 0.717) is 23.3 Å². The first-order valence-electron chi connectivity index (χ1n) is 11.4. The normalized spacial score (nSPS) is 14.7. The van der Waals surface area contributed by atoms with Crippen LogP contribution in [0.15, 0.2) is 90.1 Å². The number of ether oxygens (including phenoxy) is 2. The van der Waals surface area contributed by atoms with E-state index in [1.165, 1.54) is 11.8 Å². The number of rotatable bonds is 7. The van der Waals surface area contributed by atoms with Gasteiger partial charge in [-0.05, 0) is 23.3 Å². The van der Waals surface area contributed by atoms with Crippen molar-refractivity contribution in [1.82, 2.24) is 19.7 Å². The molecular weight excluding hydrogens is 460 g/mol. The highest BCUT2D eigenvalue weighted by molar-refractivity contribution is 7.99. The molecule has 0 unspecified atom stereocenters. The molecule has 4 aromatic rings. The minimum absolute atomic E-state index is 0.00318. The molecule has 5 rings (SSSR count). The molecule has 1 aliphatic heterocycles. The maximum Gasteiger partial charge on any atom is 0.233 e. The molecular formula is C27H26N4O3S. The first-order chi connectivity index (χ1) is 17.1. The fourth-order valence-electron chi connectivity index (χ4n) is 4.16. The van der Waals surface area contributed by atoms with E-state index in [4.69, 9.17) is 9.47 Å². The van der Waals surface area contributed by atoms with Crippen LogP contribution in [0.25, 0.3) is 0 Å². The monoisotopic (exact) mass is 486 g/mol. The molecule has 0 fully saturated rings. The van der Waals surface area contributed by atoms with Crippen molar-refractivity contribution in [3.05, 3.63) is 102 Å². The summed E-state index contributed by atoms with van der Waals surface area (Å²) < 4.78 is 13.8. The summed E-state index contributed by atoms with van der Waals surface area (Å²) in [5.41, 5.74) is 2.13. The molecule has 0 saturated heterocycles. The van der Waals surface area contributed by atoms with Crippen LogP contribution in [-0.4, -0.2) is 45.0 Å². The van der Waals surface area contributed by atoms with Crippen LogP contribution in [0.1, 0.15) is 29.1 Å². The van der Waals surface area contributed by atoms with Crippen LogP contribution in [0, 0.1) is 0 Å². The van der Waals surface area contributed by atoms with Crippen molar-refractivity contribution in [2.75, 3.05) is 19.4 Å². The third kappa shape index (κ3) is 4.88. The lowest BCUT2D eigenvalue weighted by atomic mass is 9.97. The van der Waals surface area contributed by atoms with E-state index in [9.17, 15) is 4.79 Å². The number of para-hydroxylation sites is 2. The summed E-state index contributed by atoms with van der Waals surface area (Å²) >= 11 is 1.36. The average molecular weight is 487 g/mol. The van der Waals surface area contributed by atoms with Gasteiger partial charge in [0.1, 0.15) is 6.61 Å². The van der Waals surface area contributed by atoms with E-state index in [-0.39, 0.29) is 23.8 Å². The zero-order valence-corrected chi connectivity index (χ0v) is 20.4. The average Bonchev–Trinajstić information content (AvgIpc) is 3.28. The van der Waals surface area contributed by atoms with Gasteiger partial charge in [0.05, 0.1) is 11.8 Å². The van der Waals surface area contributed by atoms with E-state index in [1.807, 2.05) is 104 Å². The second-order valence-electron chi connectivity index (χ2n) is 8.28. The molecule has 1 amide bonds. The number of hydrogen-bond donors (Lipinski definition) is 0. The minimum atomic E-state index is -0.365. The van der Waals surface area contributed by atoms with Gasteiger partial charge in [0.15, 0.2) is 28.6 Å². The number of carbonyl (C=O) groups is 1. The highest BCUT2D eigenvalue weighted by atomic mass is 32.2. The van der Waals surface area contributed by atoms with Gasteiger partial charge in [-0.25, -0.2) is 0 Å². The van der Waals surface area contributed by atoms with Crippen LogP contribution in [0.5, 0.6) is 11.5 Å². The summed E-state index contributed by atoms with van der Waals surface area (Å²) in [5.74, 6) is 2.31. The standard InChI is InChI=1S/C27H26N4O3S/c1-30(25(19-11-5-3-6-12-19)20-13-7-4-8-14-20)24(32)18-35-27-29-28-26(31(27)2)23-17-33-21-15-9-10-16-22(21)34-23/h3-16,23,25H,17-18H2,1-2H3/t23-/m1/s1. The predicted molar refractivity (Wildman–Crippen MR) is 135 cm³/mol. The Hall–Kier alpha value is -3.78. The smallest absolute Gasteiger partial charge is 0.233 e. The fraction of sp³-hybridized carbons (Fsp3) is 0.222. The molecule has 35 heavy (non-hydrogen) atoms. The Balaban J connectivity index is 1.28. The van der Waals surface area contributed by atoms with Gasteiger partial charge >= 0.3 is 0 Å². The summed E-state index contributed by atoms with van der Waals surface area (Å²) in [6.45, 7) is 0.352. The second kappa shape index (κ2) is 10.2. The number of carbonyl (C=O) groups excluding carboxylic acids is 1. The SMILES string of the molecule is CN(C(=O)CSc1nnc([C@H]2COc3ccccc3O2)n1C)C(c1ccccc1)c1ccccc1. The van der Waals surface area contributed by atoms with E-state index >= 15 is 0 Å².